The molecule has 176 valence electrons. The third kappa shape index (κ3) is 4.37. The maximum Gasteiger partial charge on any atom is 0.293 e. The van der Waals surface area contributed by atoms with E-state index >= 15 is 0 Å². The van der Waals surface area contributed by atoms with Crippen LogP contribution in [0.25, 0.3) is 11.6 Å². The van der Waals surface area contributed by atoms with Crippen molar-refractivity contribution in [2.75, 3.05) is 4.90 Å². The normalized spacial score (nSPS) is 18.5. The summed E-state index contributed by atoms with van der Waals surface area (Å²) in [4.78, 5) is 39.8. The highest BCUT2D eigenvalue weighted by atomic mass is 32.2. The van der Waals surface area contributed by atoms with Crippen molar-refractivity contribution in [1.82, 2.24) is 4.90 Å². The largest absolute Gasteiger partial charge is 0.360 e. The molecule has 2 aromatic carbocycles. The summed E-state index contributed by atoms with van der Waals surface area (Å²) in [7, 11) is 0. The predicted octanol–water partition coefficient (Wildman–Crippen LogP) is 6.24. The van der Waals surface area contributed by atoms with Crippen LogP contribution in [0, 0.1) is 10.1 Å². The topological polar surface area (TPSA) is 83.8 Å². The van der Waals surface area contributed by atoms with E-state index in [9.17, 15) is 19.7 Å². The average molecular weight is 478 g/mol. The molecule has 1 saturated heterocycles. The lowest BCUT2D eigenvalue weighted by molar-refractivity contribution is -0.384. The van der Waals surface area contributed by atoms with Gasteiger partial charge in [0.05, 0.1) is 21.9 Å². The van der Waals surface area contributed by atoms with Crippen molar-refractivity contribution >= 4 is 45.9 Å². The Hall–Kier alpha value is -3.39. The first kappa shape index (κ1) is 23.8. The highest BCUT2D eigenvalue weighted by Crippen LogP contribution is 2.41. The number of benzene rings is 2. The van der Waals surface area contributed by atoms with E-state index in [0.29, 0.717) is 16.5 Å². The van der Waals surface area contributed by atoms with Crippen molar-refractivity contribution in [3.63, 3.8) is 0 Å². The number of nitrogens with zero attached hydrogens (tertiary/aromatic N) is 3. The van der Waals surface area contributed by atoms with Crippen LogP contribution in [0.4, 0.5) is 16.2 Å². The Labute approximate surface area is 203 Å². The summed E-state index contributed by atoms with van der Waals surface area (Å²) in [6, 6.07) is 12.3. The molecule has 2 amide bonds. The number of imide groups is 1. The summed E-state index contributed by atoms with van der Waals surface area (Å²) in [5.41, 5.74) is 4.83. The van der Waals surface area contributed by atoms with Gasteiger partial charge in [-0.1, -0.05) is 24.3 Å². The quantitative estimate of drug-likeness (QED) is 0.288. The summed E-state index contributed by atoms with van der Waals surface area (Å²) < 4.78 is 0. The number of amides is 2. The lowest BCUT2D eigenvalue weighted by Crippen LogP contribution is -2.49. The van der Waals surface area contributed by atoms with Gasteiger partial charge in [0.1, 0.15) is 0 Å². The Morgan fingerprint density at radius 3 is 2.41 bits per heavy atom. The maximum absolute atomic E-state index is 13.0. The molecule has 2 heterocycles. The van der Waals surface area contributed by atoms with Crippen molar-refractivity contribution in [1.29, 1.82) is 0 Å². The highest BCUT2D eigenvalue weighted by molar-refractivity contribution is 8.18. The first-order valence-electron chi connectivity index (χ1n) is 11.1. The SMILES string of the molecule is CC1=CC(C)(C)N(C(C)C)c2ccc(/C=C3\SC(=O)N(Cc4ccc([N+](=O)[O-])cc4)C3=O)cc21. The minimum absolute atomic E-state index is 0.0334. The molecule has 0 N–H and O–H groups in total. The van der Waals surface area contributed by atoms with Gasteiger partial charge in [0.15, 0.2) is 0 Å². The number of fused-ring (bicyclic) bond motifs is 1. The van der Waals surface area contributed by atoms with Crippen LogP contribution < -0.4 is 4.90 Å². The van der Waals surface area contributed by atoms with Gasteiger partial charge in [0.2, 0.25) is 0 Å². The molecule has 0 aliphatic carbocycles. The number of nitro groups is 1. The molecule has 0 spiro atoms. The Kier molecular flexibility index (Phi) is 6.12. The molecule has 2 aromatic rings. The monoisotopic (exact) mass is 477 g/mol. The van der Waals surface area contributed by atoms with Gasteiger partial charge in [-0.15, -0.1) is 0 Å². The molecular formula is C26H27N3O4S. The summed E-state index contributed by atoms with van der Waals surface area (Å²) in [5, 5.41) is 10.5. The Morgan fingerprint density at radius 1 is 1.12 bits per heavy atom. The van der Waals surface area contributed by atoms with Gasteiger partial charge in [-0.3, -0.25) is 24.6 Å². The zero-order chi connectivity index (χ0) is 24.8. The van der Waals surface area contributed by atoms with Crippen LogP contribution in [0.1, 0.15) is 51.3 Å². The van der Waals surface area contributed by atoms with E-state index in [4.69, 9.17) is 0 Å². The van der Waals surface area contributed by atoms with Crippen LogP contribution in [-0.2, 0) is 11.3 Å². The van der Waals surface area contributed by atoms with Gasteiger partial charge in [0, 0.05) is 29.4 Å². The van der Waals surface area contributed by atoms with E-state index in [1.807, 2.05) is 6.07 Å². The van der Waals surface area contributed by atoms with Gasteiger partial charge >= 0.3 is 0 Å². The van der Waals surface area contributed by atoms with Crippen LogP contribution in [0.15, 0.2) is 53.4 Å². The molecule has 8 heteroatoms. The van der Waals surface area contributed by atoms with Gasteiger partial charge in [-0.25, -0.2) is 0 Å². The maximum atomic E-state index is 13.0. The van der Waals surface area contributed by atoms with E-state index in [2.05, 4.69) is 57.7 Å². The third-order valence-corrected chi connectivity index (χ3v) is 6.98. The van der Waals surface area contributed by atoms with E-state index in [-0.39, 0.29) is 28.9 Å². The van der Waals surface area contributed by atoms with E-state index in [1.54, 1.807) is 18.2 Å². The fourth-order valence-electron chi connectivity index (χ4n) is 4.79. The van der Waals surface area contributed by atoms with Gasteiger partial charge in [0.25, 0.3) is 16.8 Å². The Bertz CT molecular complexity index is 1250. The van der Waals surface area contributed by atoms with Crippen LogP contribution in [-0.4, -0.2) is 32.6 Å². The summed E-state index contributed by atoms with van der Waals surface area (Å²) in [6.45, 7) is 10.9. The number of non-ortho nitro benzene ring substituents is 1. The first-order chi connectivity index (χ1) is 16.0. The number of nitro benzene ring substituents is 1. The summed E-state index contributed by atoms with van der Waals surface area (Å²) in [5.74, 6) is -0.358. The van der Waals surface area contributed by atoms with Crippen molar-refractivity contribution in [3.8, 4) is 0 Å². The van der Waals surface area contributed by atoms with E-state index in [1.165, 1.54) is 22.6 Å². The van der Waals surface area contributed by atoms with E-state index in [0.717, 1.165) is 28.6 Å². The van der Waals surface area contributed by atoms with Gasteiger partial charge in [-0.2, -0.15) is 0 Å². The Morgan fingerprint density at radius 2 is 1.79 bits per heavy atom. The minimum Gasteiger partial charge on any atom is -0.360 e. The fourth-order valence-corrected chi connectivity index (χ4v) is 5.63. The molecule has 0 radical (unpaired) electrons. The molecule has 4 rings (SSSR count). The minimum atomic E-state index is -0.483. The molecule has 1 fully saturated rings. The van der Waals surface area contributed by atoms with Crippen LogP contribution in [0.5, 0.6) is 0 Å². The second kappa shape index (κ2) is 8.76. The molecular weight excluding hydrogens is 450 g/mol. The van der Waals surface area contributed by atoms with Crippen LogP contribution in [0.2, 0.25) is 0 Å². The highest BCUT2D eigenvalue weighted by Gasteiger charge is 2.36. The van der Waals surface area contributed by atoms with Crippen molar-refractivity contribution in [3.05, 3.63) is 80.3 Å². The fraction of sp³-hybridized carbons (Fsp3) is 0.308. The number of carbonyl (C=O) groups is 2. The van der Waals surface area contributed by atoms with Crippen LogP contribution in [0.3, 0.4) is 0 Å². The predicted molar refractivity (Wildman–Crippen MR) is 136 cm³/mol. The number of rotatable bonds is 5. The van der Waals surface area contributed by atoms with Crippen LogP contribution >= 0.6 is 11.8 Å². The molecule has 0 atom stereocenters. The molecule has 0 saturated carbocycles. The smallest absolute Gasteiger partial charge is 0.293 e. The third-order valence-electron chi connectivity index (χ3n) is 6.07. The number of hydrogen-bond donors (Lipinski definition) is 0. The number of carbonyl (C=O) groups excluding carboxylic acids is 2. The van der Waals surface area contributed by atoms with Crippen molar-refractivity contribution in [2.45, 2.75) is 52.7 Å². The summed E-state index contributed by atoms with van der Waals surface area (Å²) >= 11 is 0.913. The number of thioether (sulfide) groups is 1. The number of allylic oxidation sites excluding steroid dienone is 1. The molecule has 0 aromatic heterocycles. The molecule has 0 bridgehead atoms. The summed E-state index contributed by atoms with van der Waals surface area (Å²) in [6.07, 6.45) is 4.02. The standard InChI is InChI=1S/C26H27N3O4S/c1-16(2)28-22-11-8-19(12-21(22)17(3)14-26(28,4)5)13-23-24(30)27(25(31)34-23)15-18-6-9-20(10-7-18)29(32)33/h6-14,16H,15H2,1-5H3/b23-13-. The molecule has 0 unspecified atom stereocenters. The van der Waals surface area contributed by atoms with Crippen molar-refractivity contribution < 1.29 is 14.5 Å². The van der Waals surface area contributed by atoms with Gasteiger partial charge in [-0.05, 0) is 81.3 Å². The second-order valence-electron chi connectivity index (χ2n) is 9.41. The zero-order valence-electron chi connectivity index (χ0n) is 19.9. The molecule has 7 nitrogen and oxygen atoms in total. The zero-order valence-corrected chi connectivity index (χ0v) is 20.7. The Balaban J connectivity index is 1.59. The number of anilines is 1. The lowest BCUT2D eigenvalue weighted by Gasteiger charge is -2.46. The van der Waals surface area contributed by atoms with Gasteiger partial charge < -0.3 is 4.90 Å². The number of hydrogen-bond acceptors (Lipinski definition) is 6. The van der Waals surface area contributed by atoms with E-state index < -0.39 is 4.92 Å². The lowest BCUT2D eigenvalue weighted by atomic mass is 9.87. The molecule has 2 aliphatic rings. The second-order valence-corrected chi connectivity index (χ2v) is 10.4. The molecule has 2 aliphatic heterocycles. The first-order valence-corrected chi connectivity index (χ1v) is 11.9. The van der Waals surface area contributed by atoms with Crippen molar-refractivity contribution in [2.24, 2.45) is 0 Å². The molecule has 34 heavy (non-hydrogen) atoms. The average Bonchev–Trinajstić information content (AvgIpc) is 3.01.